The van der Waals surface area contributed by atoms with Crippen LogP contribution in [0, 0.1) is 0 Å². The molecule has 0 bridgehead atoms. The van der Waals surface area contributed by atoms with Crippen LogP contribution >= 0.6 is 11.6 Å². The van der Waals surface area contributed by atoms with Crippen LogP contribution in [0.3, 0.4) is 0 Å². The Bertz CT molecular complexity index is 601. The Morgan fingerprint density at radius 1 is 1.32 bits per heavy atom. The van der Waals surface area contributed by atoms with Gasteiger partial charge < -0.3 is 14.5 Å². The zero-order valence-corrected chi connectivity index (χ0v) is 15.7. The van der Waals surface area contributed by atoms with Crippen LogP contribution in [0.5, 0.6) is 0 Å². The Labute approximate surface area is 153 Å². The maximum atomic E-state index is 11.5. The number of carbonyl (C=O) groups excluding carboxylic acids is 2. The molecule has 1 aliphatic rings. The number of rotatable bonds is 6. The van der Waals surface area contributed by atoms with Crippen molar-refractivity contribution >= 4 is 28.8 Å². The van der Waals surface area contributed by atoms with Crippen LogP contribution in [0.15, 0.2) is 12.3 Å². The molecule has 0 spiro atoms. The van der Waals surface area contributed by atoms with Crippen molar-refractivity contribution in [2.45, 2.75) is 52.1 Å². The minimum Gasteiger partial charge on any atom is -0.465 e. The molecule has 0 aliphatic carbocycles. The molecule has 8 heteroatoms. The fourth-order valence-electron chi connectivity index (χ4n) is 3.07. The number of amides is 1. The summed E-state index contributed by atoms with van der Waals surface area (Å²) in [6.45, 7) is 7.48. The van der Waals surface area contributed by atoms with Gasteiger partial charge in [0.15, 0.2) is 0 Å². The number of nitrogens with zero attached hydrogens (tertiary/aromatic N) is 4. The van der Waals surface area contributed by atoms with Crippen LogP contribution < -0.4 is 4.90 Å². The second kappa shape index (κ2) is 8.99. The summed E-state index contributed by atoms with van der Waals surface area (Å²) in [4.78, 5) is 35.6. The third kappa shape index (κ3) is 5.29. The van der Waals surface area contributed by atoms with Crippen LogP contribution in [0.2, 0.25) is 0 Å². The number of aromatic nitrogens is 2. The molecule has 1 aromatic heterocycles. The first-order chi connectivity index (χ1) is 11.9. The summed E-state index contributed by atoms with van der Waals surface area (Å²) < 4.78 is 5.15. The SMILES string of the molecule is CCCC(=O)OCCc1nccc(N2C[C@@H](C)N(C(=O)Cl)[C@@H](C)C2)n1. The minimum absolute atomic E-state index is 0.00200. The predicted octanol–water partition coefficient (Wildman–Crippen LogP) is 2.62. The highest BCUT2D eigenvalue weighted by Crippen LogP contribution is 2.22. The predicted molar refractivity (Wildman–Crippen MR) is 95.8 cm³/mol. The van der Waals surface area contributed by atoms with E-state index in [9.17, 15) is 9.59 Å². The average molecular weight is 369 g/mol. The van der Waals surface area contributed by atoms with Gasteiger partial charge in [-0.1, -0.05) is 6.92 Å². The minimum atomic E-state index is -0.420. The molecule has 0 N–H and O–H groups in total. The first-order valence-corrected chi connectivity index (χ1v) is 9.00. The molecule has 1 saturated heterocycles. The van der Waals surface area contributed by atoms with Gasteiger partial charge in [0.25, 0.3) is 0 Å². The number of halogens is 1. The second-order valence-corrected chi connectivity index (χ2v) is 6.64. The quantitative estimate of drug-likeness (QED) is 0.436. The maximum absolute atomic E-state index is 11.5. The lowest BCUT2D eigenvalue weighted by molar-refractivity contribution is -0.143. The van der Waals surface area contributed by atoms with Crippen molar-refractivity contribution in [2.24, 2.45) is 0 Å². The molecule has 2 atom stereocenters. The number of hydrogen-bond acceptors (Lipinski definition) is 6. The van der Waals surface area contributed by atoms with E-state index in [1.165, 1.54) is 0 Å². The Hall–Kier alpha value is -1.89. The van der Waals surface area contributed by atoms with Gasteiger partial charge in [-0.2, -0.15) is 0 Å². The number of anilines is 1. The molecule has 138 valence electrons. The lowest BCUT2D eigenvalue weighted by Crippen LogP contribution is -2.57. The molecule has 1 amide bonds. The third-order valence-electron chi connectivity index (χ3n) is 4.18. The molecule has 1 aliphatic heterocycles. The Balaban J connectivity index is 1.97. The first kappa shape index (κ1) is 19.4. The topological polar surface area (TPSA) is 75.6 Å². The van der Waals surface area contributed by atoms with Gasteiger partial charge in [-0.3, -0.25) is 9.59 Å². The summed E-state index contributed by atoms with van der Waals surface area (Å²) in [5.74, 6) is 1.26. The summed E-state index contributed by atoms with van der Waals surface area (Å²) in [6, 6.07) is 1.86. The van der Waals surface area contributed by atoms with E-state index in [-0.39, 0.29) is 24.7 Å². The van der Waals surface area contributed by atoms with Crippen molar-refractivity contribution in [3.8, 4) is 0 Å². The van der Waals surface area contributed by atoms with E-state index in [2.05, 4.69) is 14.9 Å². The van der Waals surface area contributed by atoms with Gasteiger partial charge in [-0.25, -0.2) is 9.97 Å². The van der Waals surface area contributed by atoms with Gasteiger partial charge in [0.2, 0.25) is 0 Å². The molecule has 1 aromatic rings. The standard InChI is InChI=1S/C17H25ClN4O3/c1-4-5-16(23)25-9-7-14-19-8-6-15(20-14)21-10-12(2)22(17(18)24)13(3)11-21/h6,8,12-13H,4-5,7,9-11H2,1-3H3/t12-,13+. The molecule has 0 unspecified atom stereocenters. The normalized spacial score (nSPS) is 20.5. The van der Waals surface area contributed by atoms with Crippen molar-refractivity contribution in [1.29, 1.82) is 0 Å². The highest BCUT2D eigenvalue weighted by atomic mass is 35.5. The lowest BCUT2D eigenvalue weighted by atomic mass is 10.1. The molecule has 1 fully saturated rings. The van der Waals surface area contributed by atoms with E-state index < -0.39 is 5.37 Å². The molecule has 2 rings (SSSR count). The summed E-state index contributed by atoms with van der Waals surface area (Å²) in [6.07, 6.45) is 3.40. The van der Waals surface area contributed by atoms with Crippen molar-refractivity contribution in [1.82, 2.24) is 14.9 Å². The lowest BCUT2D eigenvalue weighted by Gasteiger charge is -2.43. The third-order valence-corrected chi connectivity index (χ3v) is 4.37. The Morgan fingerprint density at radius 3 is 2.60 bits per heavy atom. The molecule has 0 saturated carbocycles. The van der Waals surface area contributed by atoms with Gasteiger partial charge in [-0.15, -0.1) is 0 Å². The van der Waals surface area contributed by atoms with Gasteiger partial charge in [0.1, 0.15) is 11.6 Å². The summed E-state index contributed by atoms with van der Waals surface area (Å²) in [7, 11) is 0. The smallest absolute Gasteiger partial charge is 0.316 e. The summed E-state index contributed by atoms with van der Waals surface area (Å²) >= 11 is 5.67. The highest BCUT2D eigenvalue weighted by molar-refractivity contribution is 6.62. The molecular formula is C17H25ClN4O3. The summed E-state index contributed by atoms with van der Waals surface area (Å²) in [5, 5.41) is -0.420. The maximum Gasteiger partial charge on any atom is 0.316 e. The van der Waals surface area contributed by atoms with Crippen molar-refractivity contribution < 1.29 is 14.3 Å². The number of ether oxygens (including phenoxy) is 1. The van der Waals surface area contributed by atoms with E-state index in [1.807, 2.05) is 26.8 Å². The van der Waals surface area contributed by atoms with Crippen molar-refractivity contribution in [3.63, 3.8) is 0 Å². The number of hydrogen-bond donors (Lipinski definition) is 0. The number of esters is 1. The van der Waals surface area contributed by atoms with Crippen LogP contribution in [0.4, 0.5) is 10.6 Å². The van der Waals surface area contributed by atoms with E-state index in [4.69, 9.17) is 16.3 Å². The number of piperazine rings is 1. The average Bonchev–Trinajstić information content (AvgIpc) is 2.54. The van der Waals surface area contributed by atoms with E-state index in [0.717, 1.165) is 12.2 Å². The monoisotopic (exact) mass is 368 g/mol. The fraction of sp³-hybridized carbons (Fsp3) is 0.647. The van der Waals surface area contributed by atoms with Gasteiger partial charge in [0.05, 0.1) is 6.61 Å². The van der Waals surface area contributed by atoms with E-state index in [0.29, 0.717) is 31.8 Å². The van der Waals surface area contributed by atoms with Gasteiger partial charge >= 0.3 is 11.3 Å². The van der Waals surface area contributed by atoms with Crippen LogP contribution in [-0.4, -0.2) is 58.0 Å². The Morgan fingerprint density at radius 2 is 2.00 bits per heavy atom. The molecule has 0 aromatic carbocycles. The largest absolute Gasteiger partial charge is 0.465 e. The second-order valence-electron chi connectivity index (χ2n) is 6.31. The number of carbonyl (C=O) groups is 2. The zero-order chi connectivity index (χ0) is 18.4. The van der Waals surface area contributed by atoms with E-state index in [1.54, 1.807) is 11.1 Å². The van der Waals surface area contributed by atoms with Gasteiger partial charge in [0, 0.05) is 44.2 Å². The zero-order valence-electron chi connectivity index (χ0n) is 14.9. The van der Waals surface area contributed by atoms with E-state index >= 15 is 0 Å². The first-order valence-electron chi connectivity index (χ1n) is 8.62. The molecule has 25 heavy (non-hydrogen) atoms. The fourth-order valence-corrected chi connectivity index (χ4v) is 3.41. The van der Waals surface area contributed by atoms with Crippen molar-refractivity contribution in [3.05, 3.63) is 18.1 Å². The van der Waals surface area contributed by atoms with Crippen LogP contribution in [-0.2, 0) is 16.0 Å². The molecular weight excluding hydrogens is 344 g/mol. The van der Waals surface area contributed by atoms with Crippen LogP contribution in [0.25, 0.3) is 0 Å². The highest BCUT2D eigenvalue weighted by Gasteiger charge is 2.32. The molecule has 0 radical (unpaired) electrons. The Kier molecular flexibility index (Phi) is 6.99. The summed E-state index contributed by atoms with van der Waals surface area (Å²) in [5.41, 5.74) is 0. The van der Waals surface area contributed by atoms with Gasteiger partial charge in [-0.05, 0) is 37.9 Å². The van der Waals surface area contributed by atoms with Crippen molar-refractivity contribution in [2.75, 3.05) is 24.6 Å². The molecule has 7 nitrogen and oxygen atoms in total. The molecule has 2 heterocycles. The van der Waals surface area contributed by atoms with Crippen LogP contribution in [0.1, 0.15) is 39.4 Å².